The minimum atomic E-state index is -0.167. The van der Waals surface area contributed by atoms with Crippen LogP contribution >= 0.6 is 46.4 Å². The summed E-state index contributed by atoms with van der Waals surface area (Å²) >= 11 is 13.6. The number of amides is 1. The van der Waals surface area contributed by atoms with E-state index in [0.29, 0.717) is 28.2 Å². The fourth-order valence-electron chi connectivity index (χ4n) is 2.26. The molecule has 0 aromatic heterocycles. The molecule has 3 rings (SSSR count). The molecule has 0 bridgehead atoms. The third-order valence-electron chi connectivity index (χ3n) is 3.66. The van der Waals surface area contributed by atoms with Crippen molar-refractivity contribution < 1.29 is 9.53 Å². The molecule has 1 N–H and O–H groups in total. The second-order valence-corrected chi connectivity index (χ2v) is 7.50. The molecule has 2 aromatic rings. The van der Waals surface area contributed by atoms with Crippen molar-refractivity contribution in [2.75, 3.05) is 7.05 Å². The van der Waals surface area contributed by atoms with Crippen LogP contribution in [0.25, 0.3) is 6.08 Å². The first-order valence-electron chi connectivity index (χ1n) is 7.41. The summed E-state index contributed by atoms with van der Waals surface area (Å²) in [5.41, 5.74) is 2.29. The molecule has 1 amide bonds. The number of carbonyl (C=O) groups excluding carboxylic acids is 1. The Kier molecular flexibility index (Phi) is 5.61. The van der Waals surface area contributed by atoms with Gasteiger partial charge in [-0.3, -0.25) is 9.69 Å². The van der Waals surface area contributed by atoms with Crippen LogP contribution < -0.4 is 10.1 Å². The molecule has 0 radical (unpaired) electrons. The van der Waals surface area contributed by atoms with E-state index in [4.69, 9.17) is 28.6 Å². The molecular weight excluding hydrogens is 471 g/mol. The predicted molar refractivity (Wildman–Crippen MR) is 111 cm³/mol. The van der Waals surface area contributed by atoms with Gasteiger partial charge in [0.25, 0.3) is 5.91 Å². The van der Waals surface area contributed by atoms with Gasteiger partial charge in [0.2, 0.25) is 0 Å². The Morgan fingerprint density at radius 3 is 2.60 bits per heavy atom. The first-order chi connectivity index (χ1) is 11.9. The van der Waals surface area contributed by atoms with Gasteiger partial charge in [-0.25, -0.2) is 0 Å². The van der Waals surface area contributed by atoms with Crippen molar-refractivity contribution in [1.29, 1.82) is 0 Å². The molecule has 25 heavy (non-hydrogen) atoms. The van der Waals surface area contributed by atoms with Crippen molar-refractivity contribution in [3.8, 4) is 5.75 Å². The minimum Gasteiger partial charge on any atom is -0.487 e. The highest BCUT2D eigenvalue weighted by Crippen LogP contribution is 2.27. The van der Waals surface area contributed by atoms with E-state index >= 15 is 0 Å². The third-order valence-corrected chi connectivity index (χ3v) is 5.05. The quantitative estimate of drug-likeness (QED) is 0.401. The van der Waals surface area contributed by atoms with E-state index in [2.05, 4.69) is 27.9 Å². The number of nitrogens with zero attached hydrogens (tertiary/aromatic N) is 1. The zero-order chi connectivity index (χ0) is 18.0. The lowest BCUT2D eigenvalue weighted by Crippen LogP contribution is -2.25. The third kappa shape index (κ3) is 4.31. The number of carbonyl (C=O) groups is 1. The Balaban J connectivity index is 1.72. The maximum Gasteiger partial charge on any atom is 0.276 e. The van der Waals surface area contributed by atoms with E-state index in [9.17, 15) is 4.79 Å². The molecule has 1 saturated heterocycles. The average Bonchev–Trinajstić information content (AvgIpc) is 2.83. The summed E-state index contributed by atoms with van der Waals surface area (Å²) in [6.07, 6.45) is 1.72. The van der Waals surface area contributed by atoms with E-state index in [-0.39, 0.29) is 5.91 Å². The highest BCUT2D eigenvalue weighted by molar-refractivity contribution is 14.1. The van der Waals surface area contributed by atoms with Crippen molar-refractivity contribution in [1.82, 2.24) is 10.2 Å². The summed E-state index contributed by atoms with van der Waals surface area (Å²) in [6, 6.07) is 13.5. The van der Waals surface area contributed by atoms with E-state index in [1.165, 1.54) is 8.47 Å². The van der Waals surface area contributed by atoms with E-state index < -0.39 is 0 Å². The smallest absolute Gasteiger partial charge is 0.276 e. The SMILES string of the molecule is CN1C(=O)C(=Cc2ccc(OCc3ccc(I)cc3)c(Cl)c2)NC1=S. The van der Waals surface area contributed by atoms with Gasteiger partial charge < -0.3 is 10.1 Å². The van der Waals surface area contributed by atoms with Crippen LogP contribution in [0.3, 0.4) is 0 Å². The first kappa shape index (κ1) is 18.2. The van der Waals surface area contributed by atoms with Gasteiger partial charge in [-0.1, -0.05) is 29.8 Å². The highest BCUT2D eigenvalue weighted by atomic mass is 127. The molecule has 0 saturated carbocycles. The maximum absolute atomic E-state index is 12.0. The van der Waals surface area contributed by atoms with Gasteiger partial charge >= 0.3 is 0 Å². The summed E-state index contributed by atoms with van der Waals surface area (Å²) in [5.74, 6) is 0.431. The number of halogens is 2. The average molecular weight is 485 g/mol. The lowest BCUT2D eigenvalue weighted by molar-refractivity contribution is -0.121. The number of nitrogens with one attached hydrogen (secondary N) is 1. The highest BCUT2D eigenvalue weighted by Gasteiger charge is 2.26. The molecule has 2 aromatic carbocycles. The molecule has 7 heteroatoms. The molecule has 0 unspecified atom stereocenters. The van der Waals surface area contributed by atoms with Gasteiger partial charge in [-0.2, -0.15) is 0 Å². The van der Waals surface area contributed by atoms with E-state index in [1.807, 2.05) is 30.3 Å². The summed E-state index contributed by atoms with van der Waals surface area (Å²) in [6.45, 7) is 0.441. The Labute approximate surface area is 169 Å². The zero-order valence-electron chi connectivity index (χ0n) is 13.3. The second-order valence-electron chi connectivity index (χ2n) is 5.46. The molecule has 1 aliphatic rings. The van der Waals surface area contributed by atoms with Crippen LogP contribution in [-0.2, 0) is 11.4 Å². The molecule has 1 fully saturated rings. The van der Waals surface area contributed by atoms with Gasteiger partial charge in [0.15, 0.2) is 5.11 Å². The van der Waals surface area contributed by atoms with Crippen molar-refractivity contribution in [2.45, 2.75) is 6.61 Å². The van der Waals surface area contributed by atoms with Gasteiger partial charge in [0.05, 0.1) is 5.02 Å². The monoisotopic (exact) mass is 484 g/mol. The number of ether oxygens (including phenoxy) is 1. The predicted octanol–water partition coefficient (Wildman–Crippen LogP) is 4.21. The Bertz CT molecular complexity index is 868. The van der Waals surface area contributed by atoms with Crippen LogP contribution in [0.4, 0.5) is 0 Å². The number of hydrogen-bond donors (Lipinski definition) is 1. The van der Waals surface area contributed by atoms with Crippen LogP contribution in [0.5, 0.6) is 5.75 Å². The van der Waals surface area contributed by atoms with Gasteiger partial charge in [-0.15, -0.1) is 0 Å². The van der Waals surface area contributed by atoms with Crippen molar-refractivity contribution >= 4 is 63.5 Å². The summed E-state index contributed by atoms with van der Waals surface area (Å²) < 4.78 is 6.95. The van der Waals surface area contributed by atoms with Crippen molar-refractivity contribution in [3.63, 3.8) is 0 Å². The second kappa shape index (κ2) is 7.72. The molecule has 0 aliphatic carbocycles. The van der Waals surface area contributed by atoms with E-state index in [0.717, 1.165) is 11.1 Å². The minimum absolute atomic E-state index is 0.167. The van der Waals surface area contributed by atoms with Crippen molar-refractivity contribution in [3.05, 3.63) is 67.9 Å². The number of benzene rings is 2. The first-order valence-corrected chi connectivity index (χ1v) is 9.28. The van der Waals surface area contributed by atoms with Crippen LogP contribution in [0.2, 0.25) is 5.02 Å². The van der Waals surface area contributed by atoms with Crippen LogP contribution in [0.1, 0.15) is 11.1 Å². The molecule has 0 spiro atoms. The number of hydrogen-bond acceptors (Lipinski definition) is 3. The maximum atomic E-state index is 12.0. The number of thiocarbonyl (C=S) groups is 1. The lowest BCUT2D eigenvalue weighted by Gasteiger charge is -2.09. The van der Waals surface area contributed by atoms with Crippen molar-refractivity contribution in [2.24, 2.45) is 0 Å². The normalized spacial score (nSPS) is 15.6. The Morgan fingerprint density at radius 2 is 2.00 bits per heavy atom. The standard InChI is InChI=1S/C18H14ClIN2O2S/c1-22-17(23)15(21-18(22)25)9-12-4-7-16(14(19)8-12)24-10-11-2-5-13(20)6-3-11/h2-9H,10H2,1H3,(H,21,25). The fourth-order valence-corrected chi connectivity index (χ4v) is 3.05. The lowest BCUT2D eigenvalue weighted by atomic mass is 10.2. The summed E-state index contributed by atoms with van der Waals surface area (Å²) in [5, 5.41) is 3.76. The number of likely N-dealkylation sites (N-methyl/N-ethyl adjacent to an activating group) is 1. The molecule has 4 nitrogen and oxygen atoms in total. The largest absolute Gasteiger partial charge is 0.487 e. The fraction of sp³-hybridized carbons (Fsp3) is 0.111. The molecule has 1 aliphatic heterocycles. The van der Waals surface area contributed by atoms with Crippen LogP contribution in [-0.4, -0.2) is 23.0 Å². The summed E-state index contributed by atoms with van der Waals surface area (Å²) in [4.78, 5) is 13.4. The number of rotatable bonds is 4. The van der Waals surface area contributed by atoms with Gasteiger partial charge in [0, 0.05) is 10.6 Å². The Hall–Kier alpha value is -1.64. The summed E-state index contributed by atoms with van der Waals surface area (Å²) in [7, 11) is 1.63. The van der Waals surface area contributed by atoms with Crippen LogP contribution in [0.15, 0.2) is 48.2 Å². The van der Waals surface area contributed by atoms with Gasteiger partial charge in [-0.05, 0) is 76.3 Å². The molecular formula is C18H14ClIN2O2S. The molecule has 0 atom stereocenters. The molecule has 1 heterocycles. The zero-order valence-corrected chi connectivity index (χ0v) is 17.0. The molecule has 128 valence electrons. The van der Waals surface area contributed by atoms with Gasteiger partial charge in [0.1, 0.15) is 18.1 Å². The van der Waals surface area contributed by atoms with E-state index in [1.54, 1.807) is 25.3 Å². The Morgan fingerprint density at radius 1 is 1.28 bits per heavy atom. The van der Waals surface area contributed by atoms with Crippen LogP contribution in [0, 0.1) is 3.57 Å². The topological polar surface area (TPSA) is 41.6 Å².